The third-order valence-corrected chi connectivity index (χ3v) is 4.30. The van der Waals surface area contributed by atoms with Crippen molar-refractivity contribution in [3.63, 3.8) is 0 Å². The molecule has 0 N–H and O–H groups in total. The van der Waals surface area contributed by atoms with E-state index in [0.717, 1.165) is 48.4 Å². The Hall–Kier alpha value is -2.41. The summed E-state index contributed by atoms with van der Waals surface area (Å²) >= 11 is 6.09. The predicted molar refractivity (Wildman–Crippen MR) is 89.2 cm³/mol. The first-order valence-electron chi connectivity index (χ1n) is 7.52. The average molecular weight is 330 g/mol. The molecule has 3 aromatic rings. The maximum atomic E-state index is 6.09. The van der Waals surface area contributed by atoms with Crippen LogP contribution in [0.2, 0.25) is 5.02 Å². The van der Waals surface area contributed by atoms with Crippen LogP contribution in [0.3, 0.4) is 0 Å². The predicted octanol–water partition coefficient (Wildman–Crippen LogP) is 1.81. The highest BCUT2D eigenvalue weighted by Gasteiger charge is 2.20. The van der Waals surface area contributed by atoms with Crippen LogP contribution in [0, 0.1) is 6.92 Å². The summed E-state index contributed by atoms with van der Waals surface area (Å²) in [6.07, 6.45) is 0. The average Bonchev–Trinajstić information content (AvgIpc) is 3.02. The van der Waals surface area contributed by atoms with Crippen LogP contribution >= 0.6 is 11.6 Å². The van der Waals surface area contributed by atoms with E-state index in [2.05, 4.69) is 36.4 Å². The zero-order chi connectivity index (χ0) is 15.8. The second kappa shape index (κ2) is 5.66. The maximum Gasteiger partial charge on any atom is 0.275 e. The van der Waals surface area contributed by atoms with Crippen LogP contribution < -0.4 is 9.80 Å². The molecule has 1 saturated heterocycles. The van der Waals surface area contributed by atoms with E-state index in [1.54, 1.807) is 4.52 Å². The first kappa shape index (κ1) is 14.2. The lowest BCUT2D eigenvalue weighted by Crippen LogP contribution is -2.47. The van der Waals surface area contributed by atoms with Crippen LogP contribution in [0.25, 0.3) is 5.78 Å². The van der Waals surface area contributed by atoms with Crippen LogP contribution in [0.4, 0.5) is 11.5 Å². The molecule has 8 heteroatoms. The molecule has 4 rings (SSSR count). The molecule has 1 aliphatic heterocycles. The normalized spacial score (nSPS) is 15.4. The lowest BCUT2D eigenvalue weighted by molar-refractivity contribution is 0.635. The molecule has 0 bridgehead atoms. The molecule has 1 aliphatic rings. The smallest absolute Gasteiger partial charge is 0.275 e. The molecule has 0 radical (unpaired) electrons. The van der Waals surface area contributed by atoms with Gasteiger partial charge in [0.1, 0.15) is 5.82 Å². The molecule has 3 heterocycles. The number of hydrogen-bond acceptors (Lipinski definition) is 6. The zero-order valence-corrected chi connectivity index (χ0v) is 13.5. The van der Waals surface area contributed by atoms with Gasteiger partial charge in [0.2, 0.25) is 0 Å². The third-order valence-electron chi connectivity index (χ3n) is 4.06. The van der Waals surface area contributed by atoms with Gasteiger partial charge in [0.15, 0.2) is 0 Å². The molecular weight excluding hydrogens is 314 g/mol. The lowest BCUT2D eigenvalue weighted by atomic mass is 10.2. The van der Waals surface area contributed by atoms with Gasteiger partial charge in [-0.25, -0.2) is 4.98 Å². The first-order valence-corrected chi connectivity index (χ1v) is 7.90. The van der Waals surface area contributed by atoms with Crippen molar-refractivity contribution in [1.29, 1.82) is 0 Å². The Morgan fingerprint density at radius 1 is 1.04 bits per heavy atom. The molecule has 0 aliphatic carbocycles. The van der Waals surface area contributed by atoms with Crippen molar-refractivity contribution in [2.75, 3.05) is 36.0 Å². The number of anilines is 2. The van der Waals surface area contributed by atoms with Gasteiger partial charge in [-0.2, -0.15) is 4.52 Å². The Morgan fingerprint density at radius 2 is 1.83 bits per heavy atom. The minimum Gasteiger partial charge on any atom is -0.368 e. The van der Waals surface area contributed by atoms with Crippen LogP contribution in [-0.4, -0.2) is 51.2 Å². The second-order valence-electron chi connectivity index (χ2n) is 5.60. The van der Waals surface area contributed by atoms with Crippen molar-refractivity contribution in [2.45, 2.75) is 6.92 Å². The fraction of sp³-hybridized carbons (Fsp3) is 0.333. The Kier molecular flexibility index (Phi) is 3.49. The monoisotopic (exact) mass is 329 g/mol. The zero-order valence-electron chi connectivity index (χ0n) is 12.7. The highest BCUT2D eigenvalue weighted by atomic mass is 35.5. The number of nitrogens with zero attached hydrogens (tertiary/aromatic N) is 7. The van der Waals surface area contributed by atoms with Crippen molar-refractivity contribution in [3.8, 4) is 0 Å². The van der Waals surface area contributed by atoms with Crippen molar-refractivity contribution < 1.29 is 0 Å². The summed E-state index contributed by atoms with van der Waals surface area (Å²) in [5, 5.41) is 12.5. The van der Waals surface area contributed by atoms with Crippen molar-refractivity contribution in [2.24, 2.45) is 0 Å². The van der Waals surface area contributed by atoms with Crippen molar-refractivity contribution in [3.05, 3.63) is 41.0 Å². The highest BCUT2D eigenvalue weighted by molar-refractivity contribution is 6.30. The Balaban J connectivity index is 1.56. The summed E-state index contributed by atoms with van der Waals surface area (Å²) in [4.78, 5) is 8.97. The van der Waals surface area contributed by atoms with Gasteiger partial charge in [0, 0.05) is 48.6 Å². The molecule has 0 unspecified atom stereocenters. The minimum atomic E-state index is 0.539. The molecule has 23 heavy (non-hydrogen) atoms. The van der Waals surface area contributed by atoms with Gasteiger partial charge >= 0.3 is 0 Å². The summed E-state index contributed by atoms with van der Waals surface area (Å²) in [5.74, 6) is 1.53. The molecule has 7 nitrogen and oxygen atoms in total. The Bertz CT molecular complexity index is 839. The number of aromatic nitrogens is 5. The van der Waals surface area contributed by atoms with Crippen molar-refractivity contribution in [1.82, 2.24) is 25.0 Å². The largest absolute Gasteiger partial charge is 0.368 e. The number of fused-ring (bicyclic) bond motifs is 1. The number of piperazine rings is 1. The number of halogens is 1. The first-order chi connectivity index (χ1) is 11.2. The molecule has 0 spiro atoms. The number of rotatable bonds is 2. The fourth-order valence-corrected chi connectivity index (χ4v) is 3.11. The molecule has 2 aromatic heterocycles. The Labute approximate surface area is 138 Å². The van der Waals surface area contributed by atoms with E-state index >= 15 is 0 Å². The van der Waals surface area contributed by atoms with E-state index in [9.17, 15) is 0 Å². The fourth-order valence-electron chi connectivity index (χ4n) is 2.93. The second-order valence-corrected chi connectivity index (χ2v) is 6.04. The topological polar surface area (TPSA) is 62.5 Å². The molecule has 0 atom stereocenters. The molecular formula is C15H16ClN7. The van der Waals surface area contributed by atoms with Crippen LogP contribution in [-0.2, 0) is 0 Å². The van der Waals surface area contributed by atoms with Gasteiger partial charge in [0.05, 0.1) is 0 Å². The SMILES string of the molecule is Cc1cc(N2CCN(c3cccc(Cl)c3)CC2)n2nnnc2n1. The molecule has 0 saturated carbocycles. The lowest BCUT2D eigenvalue weighted by Gasteiger charge is -2.37. The van der Waals surface area contributed by atoms with Crippen LogP contribution in [0.5, 0.6) is 0 Å². The minimum absolute atomic E-state index is 0.539. The summed E-state index contributed by atoms with van der Waals surface area (Å²) in [5.41, 5.74) is 2.08. The van der Waals surface area contributed by atoms with E-state index < -0.39 is 0 Å². The van der Waals surface area contributed by atoms with Gasteiger partial charge < -0.3 is 9.80 Å². The highest BCUT2D eigenvalue weighted by Crippen LogP contribution is 2.23. The van der Waals surface area contributed by atoms with Gasteiger partial charge in [-0.3, -0.25) is 0 Å². The molecule has 1 aromatic carbocycles. The number of hydrogen-bond donors (Lipinski definition) is 0. The standard InChI is InChI=1S/C15H16ClN7/c1-11-9-14(23-15(17-11)18-19-20-23)22-7-5-21(6-8-22)13-4-2-3-12(16)10-13/h2-4,9-10H,5-8H2,1H3. The van der Waals surface area contributed by atoms with Crippen LogP contribution in [0.1, 0.15) is 5.69 Å². The van der Waals surface area contributed by atoms with Gasteiger partial charge in [-0.05, 0) is 35.5 Å². The number of tetrazole rings is 1. The molecule has 0 amide bonds. The summed E-state index contributed by atoms with van der Waals surface area (Å²) in [7, 11) is 0. The van der Waals surface area contributed by atoms with E-state index in [0.29, 0.717) is 5.78 Å². The van der Waals surface area contributed by atoms with Gasteiger partial charge in [0.25, 0.3) is 5.78 Å². The quantitative estimate of drug-likeness (QED) is 0.714. The van der Waals surface area contributed by atoms with Gasteiger partial charge in [-0.1, -0.05) is 22.8 Å². The summed E-state index contributed by atoms with van der Waals surface area (Å²) < 4.78 is 1.70. The van der Waals surface area contributed by atoms with Crippen LogP contribution in [0.15, 0.2) is 30.3 Å². The third kappa shape index (κ3) is 2.68. The maximum absolute atomic E-state index is 6.09. The van der Waals surface area contributed by atoms with E-state index in [-0.39, 0.29) is 0 Å². The van der Waals surface area contributed by atoms with E-state index in [4.69, 9.17) is 11.6 Å². The van der Waals surface area contributed by atoms with Gasteiger partial charge in [-0.15, -0.1) is 0 Å². The van der Waals surface area contributed by atoms with E-state index in [1.807, 2.05) is 31.2 Å². The number of benzene rings is 1. The van der Waals surface area contributed by atoms with Crippen molar-refractivity contribution >= 4 is 28.9 Å². The van der Waals surface area contributed by atoms with E-state index in [1.165, 1.54) is 0 Å². The summed E-state index contributed by atoms with van der Waals surface area (Å²) in [6, 6.07) is 10.0. The molecule has 1 fully saturated rings. The Morgan fingerprint density at radius 3 is 2.61 bits per heavy atom. The number of aryl methyl sites for hydroxylation is 1. The summed E-state index contributed by atoms with van der Waals surface area (Å²) in [6.45, 7) is 5.59. The molecule has 118 valence electrons.